The highest BCUT2D eigenvalue weighted by molar-refractivity contribution is 5.76. The van der Waals surface area contributed by atoms with Gasteiger partial charge in [-0.1, -0.05) is 0 Å². The van der Waals surface area contributed by atoms with E-state index in [4.69, 9.17) is 4.74 Å². The van der Waals surface area contributed by atoms with E-state index in [1.807, 2.05) is 0 Å². The molecule has 1 aromatic rings. The predicted molar refractivity (Wildman–Crippen MR) is 56.7 cm³/mol. The number of rotatable bonds is 5. The molecule has 0 fully saturated rings. The van der Waals surface area contributed by atoms with Gasteiger partial charge in [-0.15, -0.1) is 0 Å². The number of carbonyl (C=O) groups excluding carboxylic acids is 1. The molecule has 0 aromatic heterocycles. The van der Waals surface area contributed by atoms with Crippen molar-refractivity contribution in [2.45, 2.75) is 13.3 Å². The number of carbonyl (C=O) groups is 1. The Morgan fingerprint density at radius 2 is 2.27 bits per heavy atom. The summed E-state index contributed by atoms with van der Waals surface area (Å²) in [6.07, 6.45) is 0.438. The van der Waals surface area contributed by atoms with E-state index in [-0.39, 0.29) is 11.5 Å². The maximum absolute atomic E-state index is 13.2. The van der Waals surface area contributed by atoms with Crippen molar-refractivity contribution in [3.63, 3.8) is 0 Å². The molecule has 1 N–H and O–H groups in total. The van der Waals surface area contributed by atoms with Crippen molar-refractivity contribution >= 4 is 11.5 Å². The Hall–Kier alpha value is -1.58. The van der Waals surface area contributed by atoms with Crippen LogP contribution in [0.4, 0.5) is 10.1 Å². The first-order valence-electron chi connectivity index (χ1n) is 4.70. The fourth-order valence-corrected chi connectivity index (χ4v) is 1.16. The molecule has 0 aliphatic rings. The van der Waals surface area contributed by atoms with Crippen LogP contribution in [-0.4, -0.2) is 19.4 Å². The van der Waals surface area contributed by atoms with E-state index >= 15 is 0 Å². The molecule has 0 saturated heterocycles. The fraction of sp³-hybridized carbons (Fsp3) is 0.364. The number of nitrogens with one attached hydrogen (secondary N) is 1. The predicted octanol–water partition coefficient (Wildman–Crippen LogP) is 2.23. The highest BCUT2D eigenvalue weighted by atomic mass is 19.1. The van der Waals surface area contributed by atoms with Crippen LogP contribution in [0.5, 0.6) is 5.75 Å². The van der Waals surface area contributed by atoms with Gasteiger partial charge in [0.15, 0.2) is 11.6 Å². The molecule has 0 unspecified atom stereocenters. The molecule has 0 amide bonds. The molecule has 0 radical (unpaired) electrons. The van der Waals surface area contributed by atoms with Crippen molar-refractivity contribution in [2.24, 2.45) is 0 Å². The zero-order chi connectivity index (χ0) is 11.3. The molecule has 4 heteroatoms. The van der Waals surface area contributed by atoms with Crippen LogP contribution in [0.3, 0.4) is 0 Å². The lowest BCUT2D eigenvalue weighted by atomic mass is 10.2. The van der Waals surface area contributed by atoms with Crippen LogP contribution >= 0.6 is 0 Å². The lowest BCUT2D eigenvalue weighted by molar-refractivity contribution is -0.116. The number of halogens is 1. The Morgan fingerprint density at radius 3 is 2.80 bits per heavy atom. The van der Waals surface area contributed by atoms with E-state index in [9.17, 15) is 9.18 Å². The summed E-state index contributed by atoms with van der Waals surface area (Å²) in [5.41, 5.74) is 0.648. The molecule has 0 aliphatic carbocycles. The van der Waals surface area contributed by atoms with Crippen LogP contribution in [-0.2, 0) is 4.79 Å². The minimum absolute atomic E-state index is 0.108. The summed E-state index contributed by atoms with van der Waals surface area (Å²) in [5, 5.41) is 2.95. The molecule has 0 heterocycles. The van der Waals surface area contributed by atoms with Gasteiger partial charge in [0.05, 0.1) is 7.11 Å². The van der Waals surface area contributed by atoms with Gasteiger partial charge in [-0.25, -0.2) is 4.39 Å². The normalized spacial score (nSPS) is 9.80. The van der Waals surface area contributed by atoms with Gasteiger partial charge in [0.2, 0.25) is 0 Å². The third kappa shape index (κ3) is 3.58. The van der Waals surface area contributed by atoms with Crippen molar-refractivity contribution in [3.8, 4) is 5.75 Å². The van der Waals surface area contributed by atoms with E-state index in [1.54, 1.807) is 12.1 Å². The maximum atomic E-state index is 13.2. The smallest absolute Gasteiger partial charge is 0.167 e. The number of methoxy groups -OCH3 is 1. The van der Waals surface area contributed by atoms with E-state index < -0.39 is 5.82 Å². The van der Waals surface area contributed by atoms with E-state index in [0.29, 0.717) is 18.7 Å². The van der Waals surface area contributed by atoms with Gasteiger partial charge in [-0.05, 0) is 19.1 Å². The largest absolute Gasteiger partial charge is 0.494 e. The number of benzene rings is 1. The van der Waals surface area contributed by atoms with E-state index in [2.05, 4.69) is 5.32 Å². The van der Waals surface area contributed by atoms with Gasteiger partial charge >= 0.3 is 0 Å². The van der Waals surface area contributed by atoms with Gasteiger partial charge in [-0.3, -0.25) is 4.79 Å². The second-order valence-electron chi connectivity index (χ2n) is 3.23. The monoisotopic (exact) mass is 211 g/mol. The molecule has 0 spiro atoms. The zero-order valence-electron chi connectivity index (χ0n) is 8.84. The van der Waals surface area contributed by atoms with Crippen molar-refractivity contribution in [3.05, 3.63) is 24.0 Å². The van der Waals surface area contributed by atoms with Crippen molar-refractivity contribution in [2.75, 3.05) is 19.0 Å². The standard InChI is InChI=1S/C11H14FNO2/c1-8(14)5-6-13-9-3-4-11(15-2)10(12)7-9/h3-4,7,13H,5-6H2,1-2H3. The Labute approximate surface area is 88.2 Å². The number of anilines is 1. The lowest BCUT2D eigenvalue weighted by Gasteiger charge is -2.07. The van der Waals surface area contributed by atoms with E-state index in [1.165, 1.54) is 20.1 Å². The molecule has 1 rings (SSSR count). The highest BCUT2D eigenvalue weighted by Crippen LogP contribution is 2.20. The Morgan fingerprint density at radius 1 is 1.53 bits per heavy atom. The third-order valence-corrected chi connectivity index (χ3v) is 1.96. The first kappa shape index (κ1) is 11.5. The average molecular weight is 211 g/mol. The molecule has 15 heavy (non-hydrogen) atoms. The third-order valence-electron chi connectivity index (χ3n) is 1.96. The van der Waals surface area contributed by atoms with Crippen LogP contribution in [0, 0.1) is 5.82 Å². The Balaban J connectivity index is 2.55. The Bertz CT molecular complexity index is 352. The lowest BCUT2D eigenvalue weighted by Crippen LogP contribution is -2.06. The number of Topliss-reactive ketones (excluding diaryl/α,β-unsaturated/α-hetero) is 1. The summed E-state index contributed by atoms with van der Waals surface area (Å²) in [7, 11) is 1.42. The molecular weight excluding hydrogens is 197 g/mol. The summed E-state index contributed by atoms with van der Waals surface area (Å²) in [6.45, 7) is 2.04. The maximum Gasteiger partial charge on any atom is 0.167 e. The molecular formula is C11H14FNO2. The van der Waals surface area contributed by atoms with Crippen LogP contribution in [0.15, 0.2) is 18.2 Å². The van der Waals surface area contributed by atoms with Gasteiger partial charge < -0.3 is 10.1 Å². The van der Waals surface area contributed by atoms with Crippen molar-refractivity contribution in [1.29, 1.82) is 0 Å². The number of ketones is 1. The van der Waals surface area contributed by atoms with Crippen molar-refractivity contribution in [1.82, 2.24) is 0 Å². The van der Waals surface area contributed by atoms with Gasteiger partial charge in [0.25, 0.3) is 0 Å². The average Bonchev–Trinajstić information content (AvgIpc) is 2.17. The SMILES string of the molecule is COc1ccc(NCCC(C)=O)cc1F. The molecule has 0 bridgehead atoms. The number of ether oxygens (including phenoxy) is 1. The van der Waals surface area contributed by atoms with Gasteiger partial charge in [0, 0.05) is 24.7 Å². The minimum atomic E-state index is -0.412. The van der Waals surface area contributed by atoms with Crippen molar-refractivity contribution < 1.29 is 13.9 Å². The molecule has 82 valence electrons. The number of hydrogen-bond donors (Lipinski definition) is 1. The van der Waals surface area contributed by atoms with Gasteiger partial charge in [-0.2, -0.15) is 0 Å². The minimum Gasteiger partial charge on any atom is -0.494 e. The molecule has 3 nitrogen and oxygen atoms in total. The van der Waals surface area contributed by atoms with E-state index in [0.717, 1.165) is 0 Å². The summed E-state index contributed by atoms with van der Waals surface area (Å²) < 4.78 is 18.0. The van der Waals surface area contributed by atoms with Crippen LogP contribution in [0.2, 0.25) is 0 Å². The fourth-order valence-electron chi connectivity index (χ4n) is 1.16. The summed E-state index contributed by atoms with van der Waals surface area (Å²) in [5.74, 6) is -0.0890. The Kier molecular flexibility index (Phi) is 4.09. The molecule has 0 atom stereocenters. The highest BCUT2D eigenvalue weighted by Gasteiger charge is 2.02. The summed E-state index contributed by atoms with van der Waals surface area (Å²) in [6, 6.07) is 4.60. The summed E-state index contributed by atoms with van der Waals surface area (Å²) in [4.78, 5) is 10.7. The van der Waals surface area contributed by atoms with Crippen LogP contribution < -0.4 is 10.1 Å². The second-order valence-corrected chi connectivity index (χ2v) is 3.23. The molecule has 0 saturated carbocycles. The first-order valence-corrected chi connectivity index (χ1v) is 4.70. The quantitative estimate of drug-likeness (QED) is 0.811. The number of hydrogen-bond acceptors (Lipinski definition) is 3. The first-order chi connectivity index (χ1) is 7.13. The summed E-state index contributed by atoms with van der Waals surface area (Å²) >= 11 is 0. The van der Waals surface area contributed by atoms with Gasteiger partial charge in [0.1, 0.15) is 5.78 Å². The van der Waals surface area contributed by atoms with Crippen LogP contribution in [0.1, 0.15) is 13.3 Å². The van der Waals surface area contributed by atoms with Crippen LogP contribution in [0.25, 0.3) is 0 Å². The zero-order valence-corrected chi connectivity index (χ0v) is 8.84. The molecule has 0 aliphatic heterocycles. The second kappa shape index (κ2) is 5.34. The topological polar surface area (TPSA) is 38.3 Å². The molecule has 1 aromatic carbocycles.